The SMILES string of the molecule is N[C@@](CC1c2ccccc2Sc2ccccc21)(C(=O)O)c1ccc(C(=O)O)cc1. The van der Waals surface area contributed by atoms with Gasteiger partial charge in [0.25, 0.3) is 0 Å². The quantitative estimate of drug-likeness (QED) is 0.585. The van der Waals surface area contributed by atoms with E-state index in [4.69, 9.17) is 10.8 Å². The summed E-state index contributed by atoms with van der Waals surface area (Å²) in [6.07, 6.45) is 0.156. The molecule has 4 rings (SSSR count). The van der Waals surface area contributed by atoms with Crippen molar-refractivity contribution < 1.29 is 19.8 Å². The van der Waals surface area contributed by atoms with Crippen LogP contribution in [0.5, 0.6) is 0 Å². The number of aliphatic carboxylic acids is 1. The van der Waals surface area contributed by atoms with Gasteiger partial charge >= 0.3 is 11.9 Å². The Hall–Kier alpha value is -3.09. The number of aromatic carboxylic acids is 1. The van der Waals surface area contributed by atoms with Gasteiger partial charge in [-0.2, -0.15) is 0 Å². The smallest absolute Gasteiger partial charge is 0.335 e. The van der Waals surface area contributed by atoms with Crippen LogP contribution in [-0.4, -0.2) is 22.2 Å². The van der Waals surface area contributed by atoms with Crippen molar-refractivity contribution in [2.24, 2.45) is 5.73 Å². The van der Waals surface area contributed by atoms with E-state index in [0.29, 0.717) is 5.56 Å². The summed E-state index contributed by atoms with van der Waals surface area (Å²) in [5, 5.41) is 19.2. The zero-order valence-corrected chi connectivity index (χ0v) is 16.2. The summed E-state index contributed by atoms with van der Waals surface area (Å²) >= 11 is 1.67. The third-order valence-corrected chi connectivity index (χ3v) is 6.55. The molecule has 3 aromatic rings. The van der Waals surface area contributed by atoms with Crippen molar-refractivity contribution in [3.05, 3.63) is 95.1 Å². The van der Waals surface area contributed by atoms with Gasteiger partial charge in [0.2, 0.25) is 0 Å². The van der Waals surface area contributed by atoms with E-state index in [1.165, 1.54) is 24.3 Å². The van der Waals surface area contributed by atoms with Crippen LogP contribution < -0.4 is 5.73 Å². The van der Waals surface area contributed by atoms with Gasteiger partial charge in [-0.3, -0.25) is 0 Å². The number of carboxylic acid groups (broad SMARTS) is 2. The number of nitrogens with two attached hydrogens (primary N) is 1. The molecule has 0 bridgehead atoms. The molecule has 1 atom stereocenters. The first kappa shape index (κ1) is 19.2. The highest BCUT2D eigenvalue weighted by Crippen LogP contribution is 2.49. The van der Waals surface area contributed by atoms with E-state index >= 15 is 0 Å². The molecule has 1 aliphatic heterocycles. The minimum atomic E-state index is -1.66. The molecule has 1 aliphatic rings. The minimum Gasteiger partial charge on any atom is -0.480 e. The lowest BCUT2D eigenvalue weighted by Crippen LogP contribution is -2.46. The van der Waals surface area contributed by atoms with E-state index in [1.54, 1.807) is 11.8 Å². The number of benzene rings is 3. The fourth-order valence-electron chi connectivity index (χ4n) is 3.79. The maximum Gasteiger partial charge on any atom is 0.335 e. The predicted molar refractivity (Wildman–Crippen MR) is 110 cm³/mol. The zero-order valence-electron chi connectivity index (χ0n) is 15.4. The first-order valence-corrected chi connectivity index (χ1v) is 9.93. The van der Waals surface area contributed by atoms with E-state index in [1.807, 2.05) is 48.5 Å². The van der Waals surface area contributed by atoms with E-state index in [9.17, 15) is 14.7 Å². The van der Waals surface area contributed by atoms with Crippen molar-refractivity contribution in [3.8, 4) is 0 Å². The molecule has 29 heavy (non-hydrogen) atoms. The molecule has 3 aromatic carbocycles. The molecule has 1 heterocycles. The maximum absolute atomic E-state index is 12.3. The summed E-state index contributed by atoms with van der Waals surface area (Å²) < 4.78 is 0. The Bertz CT molecular complexity index is 1050. The van der Waals surface area contributed by atoms with E-state index in [-0.39, 0.29) is 17.9 Å². The Morgan fingerprint density at radius 1 is 0.862 bits per heavy atom. The molecule has 0 aromatic heterocycles. The molecule has 0 spiro atoms. The average molecular weight is 405 g/mol. The lowest BCUT2D eigenvalue weighted by molar-refractivity contribution is -0.144. The second-order valence-electron chi connectivity index (χ2n) is 7.09. The fourth-order valence-corrected chi connectivity index (χ4v) is 4.98. The van der Waals surface area contributed by atoms with Crippen molar-refractivity contribution >= 4 is 23.7 Å². The first-order chi connectivity index (χ1) is 13.9. The van der Waals surface area contributed by atoms with Gasteiger partial charge in [0.05, 0.1) is 5.56 Å². The number of rotatable bonds is 5. The van der Waals surface area contributed by atoms with Crippen LogP contribution >= 0.6 is 11.8 Å². The third kappa shape index (κ3) is 3.41. The van der Waals surface area contributed by atoms with Gasteiger partial charge in [-0.15, -0.1) is 0 Å². The molecule has 0 radical (unpaired) electrons. The monoisotopic (exact) mass is 405 g/mol. The molecular weight excluding hydrogens is 386 g/mol. The number of carboxylic acids is 2. The topological polar surface area (TPSA) is 101 Å². The summed E-state index contributed by atoms with van der Waals surface area (Å²) in [6, 6.07) is 21.7. The van der Waals surface area contributed by atoms with Crippen molar-refractivity contribution in [1.29, 1.82) is 0 Å². The van der Waals surface area contributed by atoms with Gasteiger partial charge < -0.3 is 15.9 Å². The molecular formula is C23H19NO4S. The Labute approximate surface area is 172 Å². The number of carbonyl (C=O) groups is 2. The van der Waals surface area contributed by atoms with Gasteiger partial charge in [-0.05, 0) is 47.4 Å². The lowest BCUT2D eigenvalue weighted by Gasteiger charge is -2.34. The average Bonchev–Trinajstić information content (AvgIpc) is 2.73. The van der Waals surface area contributed by atoms with Crippen LogP contribution in [0.1, 0.15) is 39.4 Å². The van der Waals surface area contributed by atoms with Crippen molar-refractivity contribution in [1.82, 2.24) is 0 Å². The Morgan fingerprint density at radius 2 is 1.38 bits per heavy atom. The second-order valence-corrected chi connectivity index (χ2v) is 8.18. The molecule has 5 nitrogen and oxygen atoms in total. The summed E-state index contributed by atoms with van der Waals surface area (Å²) in [5.41, 5.74) is 7.38. The van der Waals surface area contributed by atoms with Gasteiger partial charge in [0.1, 0.15) is 5.54 Å². The molecule has 6 heteroatoms. The van der Waals surface area contributed by atoms with Crippen molar-refractivity contribution in [2.75, 3.05) is 0 Å². The standard InChI is InChI=1S/C23H19NO4S/c24-23(22(27)28,15-11-9-14(10-12-15)21(25)26)13-18-16-5-1-3-7-19(16)29-20-8-4-2-6-17(18)20/h1-12,18H,13,24H2,(H,25,26)(H,27,28)/t23-/m1/s1. The Kier molecular flexibility index (Phi) is 4.90. The third-order valence-electron chi connectivity index (χ3n) is 5.36. The summed E-state index contributed by atoms with van der Waals surface area (Å²) in [6.45, 7) is 0. The minimum absolute atomic E-state index is 0.0891. The fraction of sp³-hybridized carbons (Fsp3) is 0.130. The van der Waals surface area contributed by atoms with Crippen molar-refractivity contribution in [2.45, 2.75) is 27.7 Å². The summed E-state index contributed by atoms with van der Waals surface area (Å²) in [7, 11) is 0. The summed E-state index contributed by atoms with van der Waals surface area (Å²) in [4.78, 5) is 25.6. The Morgan fingerprint density at radius 3 is 1.86 bits per heavy atom. The van der Waals surface area contributed by atoms with Crippen LogP contribution in [0.15, 0.2) is 82.6 Å². The second kappa shape index (κ2) is 7.39. The molecule has 0 saturated carbocycles. The van der Waals surface area contributed by atoms with Gasteiger partial charge in [0, 0.05) is 15.7 Å². The number of hydrogen-bond donors (Lipinski definition) is 3. The van der Waals surface area contributed by atoms with Gasteiger partial charge in [-0.1, -0.05) is 60.3 Å². The highest BCUT2D eigenvalue weighted by atomic mass is 32.2. The molecule has 0 unspecified atom stereocenters. The predicted octanol–water partition coefficient (Wildman–Crippen LogP) is 4.31. The lowest BCUT2D eigenvalue weighted by atomic mass is 9.76. The first-order valence-electron chi connectivity index (χ1n) is 9.12. The highest BCUT2D eigenvalue weighted by molar-refractivity contribution is 7.99. The van der Waals surface area contributed by atoms with E-state index in [0.717, 1.165) is 20.9 Å². The van der Waals surface area contributed by atoms with Crippen LogP contribution in [0.4, 0.5) is 0 Å². The van der Waals surface area contributed by atoms with Crippen LogP contribution in [0.25, 0.3) is 0 Å². The van der Waals surface area contributed by atoms with Crippen LogP contribution in [0.2, 0.25) is 0 Å². The van der Waals surface area contributed by atoms with Gasteiger partial charge in [-0.25, -0.2) is 9.59 Å². The Balaban J connectivity index is 1.80. The van der Waals surface area contributed by atoms with Crippen LogP contribution in [-0.2, 0) is 10.3 Å². The molecule has 0 amide bonds. The zero-order chi connectivity index (χ0) is 20.6. The molecule has 0 aliphatic carbocycles. The maximum atomic E-state index is 12.3. The summed E-state index contributed by atoms with van der Waals surface area (Å²) in [5.74, 6) is -2.40. The largest absolute Gasteiger partial charge is 0.480 e. The molecule has 0 fully saturated rings. The molecule has 146 valence electrons. The van der Waals surface area contributed by atoms with Crippen LogP contribution in [0.3, 0.4) is 0 Å². The van der Waals surface area contributed by atoms with Crippen molar-refractivity contribution in [3.63, 3.8) is 0 Å². The normalized spacial score (nSPS) is 15.1. The van der Waals surface area contributed by atoms with Crippen LogP contribution in [0, 0.1) is 0 Å². The highest BCUT2D eigenvalue weighted by Gasteiger charge is 2.41. The number of fused-ring (bicyclic) bond motifs is 2. The van der Waals surface area contributed by atoms with Gasteiger partial charge in [0.15, 0.2) is 0 Å². The molecule has 0 saturated heterocycles. The van der Waals surface area contributed by atoms with E-state index in [2.05, 4.69) is 0 Å². The number of hydrogen-bond acceptors (Lipinski definition) is 4. The van der Waals surface area contributed by atoms with E-state index < -0.39 is 17.5 Å². The molecule has 4 N–H and O–H groups in total.